The molecule has 1 amide bonds. The number of amides is 1. The lowest BCUT2D eigenvalue weighted by Crippen LogP contribution is -2.56. The third-order valence-electron chi connectivity index (χ3n) is 7.81. The number of nitrogens with one attached hydrogen (secondary N) is 1. The van der Waals surface area contributed by atoms with Gasteiger partial charge in [-0.25, -0.2) is 8.78 Å². The van der Waals surface area contributed by atoms with E-state index in [0.29, 0.717) is 30.0 Å². The number of rotatable bonds is 10. The maximum Gasteiger partial charge on any atom is 0.255 e. The van der Waals surface area contributed by atoms with Crippen LogP contribution in [0, 0.1) is 11.6 Å². The van der Waals surface area contributed by atoms with E-state index in [-0.39, 0.29) is 52.1 Å². The summed E-state index contributed by atoms with van der Waals surface area (Å²) in [6, 6.07) is 16.1. The average molecular weight is 590 g/mol. The van der Waals surface area contributed by atoms with Gasteiger partial charge in [0.25, 0.3) is 5.91 Å². The van der Waals surface area contributed by atoms with Crippen molar-refractivity contribution in [3.8, 4) is 5.75 Å². The van der Waals surface area contributed by atoms with E-state index in [0.717, 1.165) is 30.5 Å². The maximum atomic E-state index is 13.6. The minimum atomic E-state index is -0.297. The normalized spacial score (nSPS) is 18.0. The van der Waals surface area contributed by atoms with E-state index in [1.54, 1.807) is 37.4 Å². The summed E-state index contributed by atoms with van der Waals surface area (Å²) in [5.74, 6) is -0.493. The van der Waals surface area contributed by atoms with E-state index in [9.17, 15) is 13.6 Å². The van der Waals surface area contributed by atoms with Gasteiger partial charge in [-0.3, -0.25) is 9.69 Å². The van der Waals surface area contributed by atoms with Crippen molar-refractivity contribution in [2.24, 2.45) is 0 Å². The van der Waals surface area contributed by atoms with Gasteiger partial charge < -0.3 is 26.0 Å². The fraction of sp³-hybridized carbons (Fsp3) is 0.387. The number of hydrogen-bond acceptors (Lipinski definition) is 5. The van der Waals surface area contributed by atoms with Crippen molar-refractivity contribution in [2.45, 2.75) is 50.3 Å². The third-order valence-corrected chi connectivity index (χ3v) is 8.14. The van der Waals surface area contributed by atoms with E-state index in [4.69, 9.17) is 26.8 Å². The Kier molecular flexibility index (Phi) is 11.5. The van der Waals surface area contributed by atoms with Gasteiger partial charge in [0.2, 0.25) is 0 Å². The van der Waals surface area contributed by atoms with Crippen LogP contribution in [0.25, 0.3) is 0 Å². The molecule has 0 saturated carbocycles. The van der Waals surface area contributed by atoms with Gasteiger partial charge in [0.05, 0.1) is 35.5 Å². The smallest absolute Gasteiger partial charge is 0.255 e. The zero-order chi connectivity index (χ0) is 28.8. The Bertz CT molecular complexity index is 1250. The number of anilines is 1. The van der Waals surface area contributed by atoms with Crippen molar-refractivity contribution in [3.63, 3.8) is 0 Å². The largest absolute Gasteiger partial charge is 0.496 e. The number of halogens is 3. The quantitative estimate of drug-likeness (QED) is 0.316. The fourth-order valence-electron chi connectivity index (χ4n) is 5.41. The summed E-state index contributed by atoms with van der Waals surface area (Å²) in [5, 5.41) is 3.38. The van der Waals surface area contributed by atoms with E-state index >= 15 is 0 Å². The molecule has 4 rings (SSSR count). The van der Waals surface area contributed by atoms with Crippen molar-refractivity contribution in [1.29, 1.82) is 0 Å². The van der Waals surface area contributed by atoms with Crippen LogP contribution in [0.4, 0.5) is 14.5 Å². The van der Waals surface area contributed by atoms with Crippen LogP contribution in [0.2, 0.25) is 5.02 Å². The standard InChI is InChI=1S/C31H36ClF2N3O3.H2O/c1-19(4-13-24(20-5-9-22(33)10-6-20)21-7-11-23(34)12-8-21)37-15-14-28(30(18-37)40-3)36-31(38)25-16-26(32)27(35)17-29(25)39-2;/h5-12,16-17,19,24,28,30H,4,13-15,18,35H2,1-3H3,(H,36,38);1H2/t19?,28-,30+;/m1./s1. The van der Waals surface area contributed by atoms with Crippen molar-refractivity contribution in [2.75, 3.05) is 33.0 Å². The van der Waals surface area contributed by atoms with Crippen LogP contribution in [0.15, 0.2) is 60.7 Å². The highest BCUT2D eigenvalue weighted by Crippen LogP contribution is 2.32. The number of ether oxygens (including phenoxy) is 2. The van der Waals surface area contributed by atoms with Crippen LogP contribution < -0.4 is 15.8 Å². The molecule has 3 aromatic rings. The highest BCUT2D eigenvalue weighted by molar-refractivity contribution is 6.33. The van der Waals surface area contributed by atoms with Crippen molar-refractivity contribution >= 4 is 23.2 Å². The first-order valence-corrected chi connectivity index (χ1v) is 13.8. The summed E-state index contributed by atoms with van der Waals surface area (Å²) < 4.78 is 38.3. The fourth-order valence-corrected chi connectivity index (χ4v) is 5.58. The molecule has 1 fully saturated rings. The zero-order valence-electron chi connectivity index (χ0n) is 23.5. The van der Waals surface area contributed by atoms with Crippen LogP contribution in [0.3, 0.4) is 0 Å². The highest BCUT2D eigenvalue weighted by atomic mass is 35.5. The average Bonchev–Trinajstić information content (AvgIpc) is 2.96. The molecule has 41 heavy (non-hydrogen) atoms. The van der Waals surface area contributed by atoms with Crippen molar-refractivity contribution in [3.05, 3.63) is 94.0 Å². The molecule has 1 heterocycles. The number of nitrogens with two attached hydrogens (primary N) is 1. The molecule has 3 atom stereocenters. The lowest BCUT2D eigenvalue weighted by Gasteiger charge is -2.41. The summed E-state index contributed by atoms with van der Waals surface area (Å²) in [7, 11) is 3.13. The van der Waals surface area contributed by atoms with E-state index in [1.165, 1.54) is 37.4 Å². The zero-order valence-corrected chi connectivity index (χ0v) is 24.3. The Morgan fingerprint density at radius 1 is 1.05 bits per heavy atom. The number of methoxy groups -OCH3 is 2. The molecular formula is C31H38ClF2N3O4. The third kappa shape index (κ3) is 7.95. The number of hydrogen-bond donors (Lipinski definition) is 2. The predicted molar refractivity (Wildman–Crippen MR) is 158 cm³/mol. The Balaban J connectivity index is 0.00000462. The number of nitrogens with zero attached hydrogens (tertiary/aromatic N) is 1. The minimum absolute atomic E-state index is 0. The second-order valence-corrected chi connectivity index (χ2v) is 10.7. The Hall–Kier alpha value is -3.24. The molecule has 0 radical (unpaired) electrons. The molecular weight excluding hydrogens is 552 g/mol. The molecule has 7 nitrogen and oxygen atoms in total. The SMILES string of the molecule is COc1cc(N)c(Cl)cc1C(=O)N[C@@H]1CCN(C(C)CCC(c2ccc(F)cc2)c2ccc(F)cc2)C[C@@H]1OC.O. The molecule has 0 aromatic heterocycles. The van der Waals surface area contributed by atoms with Gasteiger partial charge in [0, 0.05) is 38.2 Å². The van der Waals surface area contributed by atoms with E-state index < -0.39 is 0 Å². The highest BCUT2D eigenvalue weighted by Gasteiger charge is 2.33. The second-order valence-electron chi connectivity index (χ2n) is 10.3. The number of carbonyl (C=O) groups is 1. The molecule has 1 saturated heterocycles. The lowest BCUT2D eigenvalue weighted by molar-refractivity contribution is -0.00660. The van der Waals surface area contributed by atoms with Gasteiger partial charge in [0.1, 0.15) is 17.4 Å². The number of benzene rings is 3. The first-order valence-electron chi connectivity index (χ1n) is 13.4. The Labute approximate surface area is 244 Å². The van der Waals surface area contributed by atoms with Gasteiger partial charge in [0.15, 0.2) is 0 Å². The second kappa shape index (κ2) is 14.6. The monoisotopic (exact) mass is 589 g/mol. The molecule has 3 aromatic carbocycles. The van der Waals surface area contributed by atoms with Crippen molar-refractivity contribution < 1.29 is 28.5 Å². The van der Waals surface area contributed by atoms with Gasteiger partial charge in [-0.05, 0) is 67.6 Å². The number of nitrogen functional groups attached to an aromatic ring is 1. The molecule has 0 aliphatic carbocycles. The lowest BCUT2D eigenvalue weighted by atomic mass is 9.86. The molecule has 1 aliphatic rings. The molecule has 0 spiro atoms. The molecule has 1 unspecified atom stereocenters. The Morgan fingerprint density at radius 3 is 2.17 bits per heavy atom. The summed E-state index contributed by atoms with van der Waals surface area (Å²) in [6.07, 6.45) is 2.18. The Morgan fingerprint density at radius 2 is 1.63 bits per heavy atom. The summed E-state index contributed by atoms with van der Waals surface area (Å²) >= 11 is 6.16. The predicted octanol–water partition coefficient (Wildman–Crippen LogP) is 5.20. The first kappa shape index (κ1) is 32.3. The van der Waals surface area contributed by atoms with E-state index in [1.807, 2.05) is 0 Å². The molecule has 0 bridgehead atoms. The maximum absolute atomic E-state index is 13.6. The van der Waals surface area contributed by atoms with Crippen LogP contribution in [-0.4, -0.2) is 61.8 Å². The summed E-state index contributed by atoms with van der Waals surface area (Å²) in [6.45, 7) is 3.61. The van der Waals surface area contributed by atoms with E-state index in [2.05, 4.69) is 17.1 Å². The molecule has 222 valence electrons. The van der Waals surface area contributed by atoms with Gasteiger partial charge in [-0.2, -0.15) is 0 Å². The minimum Gasteiger partial charge on any atom is -0.496 e. The summed E-state index contributed by atoms with van der Waals surface area (Å²) in [4.78, 5) is 15.5. The van der Waals surface area contributed by atoms with Crippen LogP contribution in [0.1, 0.15) is 53.6 Å². The topological polar surface area (TPSA) is 108 Å². The number of carbonyl (C=O) groups excluding carboxylic acids is 1. The number of piperidine rings is 1. The van der Waals surface area contributed by atoms with Gasteiger partial charge in [-0.1, -0.05) is 35.9 Å². The molecule has 1 aliphatic heterocycles. The first-order chi connectivity index (χ1) is 19.2. The van der Waals surface area contributed by atoms with Gasteiger partial charge in [-0.15, -0.1) is 0 Å². The van der Waals surface area contributed by atoms with Gasteiger partial charge >= 0.3 is 0 Å². The summed E-state index contributed by atoms with van der Waals surface area (Å²) in [5.41, 5.74) is 8.51. The van der Waals surface area contributed by atoms with Crippen LogP contribution in [0.5, 0.6) is 5.75 Å². The van der Waals surface area contributed by atoms with Crippen LogP contribution in [-0.2, 0) is 4.74 Å². The molecule has 5 N–H and O–H groups in total. The number of likely N-dealkylation sites (tertiary alicyclic amines) is 1. The van der Waals surface area contributed by atoms with Crippen molar-refractivity contribution in [1.82, 2.24) is 10.2 Å². The molecule has 10 heteroatoms. The van der Waals surface area contributed by atoms with Crippen LogP contribution >= 0.6 is 11.6 Å².